The fraction of sp³-hybridized carbons (Fsp3) is 0.111. The summed E-state index contributed by atoms with van der Waals surface area (Å²) in [6.07, 6.45) is 1.62. The molecule has 4 heteroatoms. The number of hydrogen-bond donors (Lipinski definition) is 2. The van der Waals surface area contributed by atoms with E-state index in [1.165, 1.54) is 0 Å². The Kier molecular flexibility index (Phi) is 3.03. The SMILES string of the molecule is CN/N=C/c1ccc(C(=O)O)cc1. The Morgan fingerprint density at radius 2 is 2.08 bits per heavy atom. The molecule has 0 aromatic heterocycles. The molecule has 4 nitrogen and oxygen atoms in total. The van der Waals surface area contributed by atoms with Gasteiger partial charge in [0.2, 0.25) is 0 Å². The molecule has 0 saturated heterocycles. The number of benzene rings is 1. The van der Waals surface area contributed by atoms with Crippen LogP contribution in [-0.2, 0) is 0 Å². The second kappa shape index (κ2) is 4.25. The lowest BCUT2D eigenvalue weighted by atomic mass is 10.1. The van der Waals surface area contributed by atoms with Crippen LogP contribution in [0.25, 0.3) is 0 Å². The van der Waals surface area contributed by atoms with Crippen LogP contribution in [0.2, 0.25) is 0 Å². The van der Waals surface area contributed by atoms with Gasteiger partial charge < -0.3 is 10.5 Å². The van der Waals surface area contributed by atoms with Gasteiger partial charge in [0.25, 0.3) is 0 Å². The summed E-state index contributed by atoms with van der Waals surface area (Å²) in [7, 11) is 1.70. The Morgan fingerprint density at radius 3 is 2.54 bits per heavy atom. The third-order valence-electron chi connectivity index (χ3n) is 1.50. The van der Waals surface area contributed by atoms with Crippen molar-refractivity contribution in [2.45, 2.75) is 0 Å². The zero-order valence-corrected chi connectivity index (χ0v) is 7.19. The first-order valence-corrected chi connectivity index (χ1v) is 3.77. The summed E-state index contributed by atoms with van der Waals surface area (Å²) in [6.45, 7) is 0. The van der Waals surface area contributed by atoms with Crippen molar-refractivity contribution in [3.8, 4) is 0 Å². The molecule has 0 spiro atoms. The number of nitrogens with zero attached hydrogens (tertiary/aromatic N) is 1. The summed E-state index contributed by atoms with van der Waals surface area (Å²) >= 11 is 0. The van der Waals surface area contributed by atoms with Crippen LogP contribution in [0.5, 0.6) is 0 Å². The highest BCUT2D eigenvalue weighted by molar-refractivity contribution is 5.89. The van der Waals surface area contributed by atoms with Gasteiger partial charge >= 0.3 is 5.97 Å². The molecule has 0 aliphatic rings. The number of nitrogens with one attached hydrogen (secondary N) is 1. The van der Waals surface area contributed by atoms with E-state index in [0.29, 0.717) is 0 Å². The summed E-state index contributed by atoms with van der Waals surface area (Å²) in [4.78, 5) is 10.5. The van der Waals surface area contributed by atoms with Crippen LogP contribution in [0.4, 0.5) is 0 Å². The number of hydrogen-bond acceptors (Lipinski definition) is 3. The summed E-state index contributed by atoms with van der Waals surface area (Å²) in [6, 6.07) is 6.48. The number of carbonyl (C=O) groups is 1. The number of carboxylic acids is 1. The van der Waals surface area contributed by atoms with Crippen molar-refractivity contribution in [2.75, 3.05) is 7.05 Å². The maximum absolute atomic E-state index is 10.5. The first-order chi connectivity index (χ1) is 6.24. The average Bonchev–Trinajstić information content (AvgIpc) is 2.15. The Morgan fingerprint density at radius 1 is 1.46 bits per heavy atom. The van der Waals surface area contributed by atoms with Gasteiger partial charge in [-0.1, -0.05) is 12.1 Å². The first-order valence-electron chi connectivity index (χ1n) is 3.77. The molecule has 0 amide bonds. The molecule has 1 rings (SSSR count). The summed E-state index contributed by atoms with van der Waals surface area (Å²) < 4.78 is 0. The van der Waals surface area contributed by atoms with Gasteiger partial charge in [0.1, 0.15) is 0 Å². The van der Waals surface area contributed by atoms with Crippen LogP contribution < -0.4 is 5.43 Å². The average molecular weight is 178 g/mol. The molecule has 0 saturated carbocycles. The first kappa shape index (κ1) is 9.25. The van der Waals surface area contributed by atoms with Crippen molar-refractivity contribution in [3.63, 3.8) is 0 Å². The minimum atomic E-state index is -0.919. The van der Waals surface area contributed by atoms with E-state index in [9.17, 15) is 4.79 Å². The van der Waals surface area contributed by atoms with Crippen LogP contribution in [0.3, 0.4) is 0 Å². The van der Waals surface area contributed by atoms with Gasteiger partial charge in [-0.05, 0) is 17.7 Å². The second-order valence-corrected chi connectivity index (χ2v) is 2.41. The molecule has 0 radical (unpaired) electrons. The maximum Gasteiger partial charge on any atom is 0.335 e. The Hall–Kier alpha value is -1.84. The topological polar surface area (TPSA) is 61.7 Å². The van der Waals surface area contributed by atoms with E-state index < -0.39 is 5.97 Å². The molecule has 68 valence electrons. The van der Waals surface area contributed by atoms with Gasteiger partial charge in [0, 0.05) is 7.05 Å². The number of carboxylic acid groups (broad SMARTS) is 1. The van der Waals surface area contributed by atoms with Crippen molar-refractivity contribution in [1.82, 2.24) is 5.43 Å². The third kappa shape index (κ3) is 2.59. The molecule has 0 aliphatic carbocycles. The van der Waals surface area contributed by atoms with Crippen LogP contribution in [0.1, 0.15) is 15.9 Å². The Labute approximate surface area is 75.9 Å². The monoisotopic (exact) mass is 178 g/mol. The van der Waals surface area contributed by atoms with Crippen molar-refractivity contribution in [1.29, 1.82) is 0 Å². The molecule has 0 fully saturated rings. The van der Waals surface area contributed by atoms with Crippen LogP contribution in [0.15, 0.2) is 29.4 Å². The molecule has 13 heavy (non-hydrogen) atoms. The Bertz CT molecular complexity index is 317. The summed E-state index contributed by atoms with van der Waals surface area (Å²) in [5.41, 5.74) is 3.75. The van der Waals surface area contributed by atoms with Crippen molar-refractivity contribution >= 4 is 12.2 Å². The minimum Gasteiger partial charge on any atom is -0.478 e. The molecule has 1 aromatic rings. The molecule has 0 heterocycles. The van der Waals surface area contributed by atoms with E-state index in [1.807, 2.05) is 0 Å². The van der Waals surface area contributed by atoms with E-state index in [-0.39, 0.29) is 5.56 Å². The third-order valence-corrected chi connectivity index (χ3v) is 1.50. The molecule has 0 unspecified atom stereocenters. The van der Waals surface area contributed by atoms with E-state index in [1.54, 1.807) is 37.5 Å². The number of aromatic carboxylic acids is 1. The lowest BCUT2D eigenvalue weighted by Crippen LogP contribution is -1.97. The van der Waals surface area contributed by atoms with Gasteiger partial charge in [0.05, 0.1) is 11.8 Å². The molecular weight excluding hydrogens is 168 g/mol. The highest BCUT2D eigenvalue weighted by Crippen LogP contribution is 2.01. The molecule has 0 aliphatic heterocycles. The smallest absolute Gasteiger partial charge is 0.335 e. The predicted octanol–water partition coefficient (Wildman–Crippen LogP) is 0.938. The normalized spacial score (nSPS) is 10.2. The van der Waals surface area contributed by atoms with Gasteiger partial charge in [-0.15, -0.1) is 0 Å². The van der Waals surface area contributed by atoms with Gasteiger partial charge in [-0.2, -0.15) is 5.10 Å². The van der Waals surface area contributed by atoms with E-state index in [0.717, 1.165) is 5.56 Å². The molecule has 0 bridgehead atoms. The van der Waals surface area contributed by atoms with Crippen molar-refractivity contribution in [3.05, 3.63) is 35.4 Å². The zero-order chi connectivity index (χ0) is 9.68. The van der Waals surface area contributed by atoms with Gasteiger partial charge in [-0.3, -0.25) is 0 Å². The Balaban J connectivity index is 2.81. The highest BCUT2D eigenvalue weighted by Gasteiger charge is 1.99. The lowest BCUT2D eigenvalue weighted by Gasteiger charge is -1.94. The molecule has 0 atom stereocenters. The van der Waals surface area contributed by atoms with E-state index in [2.05, 4.69) is 10.5 Å². The van der Waals surface area contributed by atoms with Crippen molar-refractivity contribution < 1.29 is 9.90 Å². The number of hydrazone groups is 1. The quantitative estimate of drug-likeness (QED) is 0.534. The van der Waals surface area contributed by atoms with Gasteiger partial charge in [-0.25, -0.2) is 4.79 Å². The zero-order valence-electron chi connectivity index (χ0n) is 7.19. The van der Waals surface area contributed by atoms with E-state index in [4.69, 9.17) is 5.11 Å². The van der Waals surface area contributed by atoms with Gasteiger partial charge in [0.15, 0.2) is 0 Å². The fourth-order valence-corrected chi connectivity index (χ4v) is 0.851. The molecule has 2 N–H and O–H groups in total. The highest BCUT2D eigenvalue weighted by atomic mass is 16.4. The minimum absolute atomic E-state index is 0.279. The van der Waals surface area contributed by atoms with Crippen LogP contribution >= 0.6 is 0 Å². The fourth-order valence-electron chi connectivity index (χ4n) is 0.851. The number of rotatable bonds is 3. The summed E-state index contributed by atoms with van der Waals surface area (Å²) in [5, 5.41) is 12.4. The second-order valence-electron chi connectivity index (χ2n) is 2.41. The molecule has 1 aromatic carbocycles. The maximum atomic E-state index is 10.5. The van der Waals surface area contributed by atoms with Crippen LogP contribution in [0, 0.1) is 0 Å². The summed E-state index contributed by atoms with van der Waals surface area (Å²) in [5.74, 6) is -0.919. The largest absolute Gasteiger partial charge is 0.478 e. The van der Waals surface area contributed by atoms with Crippen molar-refractivity contribution in [2.24, 2.45) is 5.10 Å². The standard InChI is InChI=1S/C9H10N2O2/c1-10-11-6-7-2-4-8(5-3-7)9(12)13/h2-6,10H,1H3,(H,12,13)/b11-6+. The molecular formula is C9H10N2O2. The predicted molar refractivity (Wildman–Crippen MR) is 50.1 cm³/mol. The van der Waals surface area contributed by atoms with E-state index >= 15 is 0 Å². The van der Waals surface area contributed by atoms with Crippen LogP contribution in [-0.4, -0.2) is 24.3 Å². The lowest BCUT2D eigenvalue weighted by molar-refractivity contribution is 0.0697.